The van der Waals surface area contributed by atoms with Crippen LogP contribution in [-0.2, 0) is 4.74 Å². The van der Waals surface area contributed by atoms with Crippen molar-refractivity contribution in [3.05, 3.63) is 0 Å². The molecular formula is C4H4Cl4O. The molecule has 0 saturated carbocycles. The van der Waals surface area contributed by atoms with Crippen molar-refractivity contribution < 1.29 is 4.74 Å². The van der Waals surface area contributed by atoms with Crippen LogP contribution >= 0.6 is 46.4 Å². The van der Waals surface area contributed by atoms with Crippen LogP contribution in [0.4, 0.5) is 0 Å². The molecule has 1 aliphatic heterocycles. The maximum atomic E-state index is 5.63. The monoisotopic (exact) mass is 208 g/mol. The van der Waals surface area contributed by atoms with Gasteiger partial charge in [0.1, 0.15) is 0 Å². The van der Waals surface area contributed by atoms with Crippen molar-refractivity contribution in [2.24, 2.45) is 0 Å². The van der Waals surface area contributed by atoms with Crippen molar-refractivity contribution in [2.75, 3.05) is 0 Å². The molecule has 1 saturated heterocycles. The fourth-order valence-corrected chi connectivity index (χ4v) is 1.68. The van der Waals surface area contributed by atoms with Crippen LogP contribution in [0.1, 0.15) is 0 Å². The van der Waals surface area contributed by atoms with Gasteiger partial charge >= 0.3 is 0 Å². The van der Waals surface area contributed by atoms with Crippen LogP contribution in [0.5, 0.6) is 0 Å². The van der Waals surface area contributed by atoms with Gasteiger partial charge in [0.05, 0.1) is 10.8 Å². The first kappa shape index (κ1) is 8.22. The Kier molecular flexibility index (Phi) is 2.75. The number of rotatable bonds is 0. The van der Waals surface area contributed by atoms with Gasteiger partial charge < -0.3 is 4.74 Å². The third-order valence-corrected chi connectivity index (χ3v) is 3.20. The van der Waals surface area contributed by atoms with Crippen molar-refractivity contribution in [3.63, 3.8) is 0 Å². The second-order valence-electron chi connectivity index (χ2n) is 1.73. The molecule has 0 amide bonds. The van der Waals surface area contributed by atoms with Crippen LogP contribution in [0, 0.1) is 0 Å². The maximum absolute atomic E-state index is 5.63. The minimum Gasteiger partial charge on any atom is -0.340 e. The molecule has 5 heteroatoms. The zero-order valence-electron chi connectivity index (χ0n) is 4.23. The fourth-order valence-electron chi connectivity index (χ4n) is 0.563. The van der Waals surface area contributed by atoms with Gasteiger partial charge in [-0.25, -0.2) is 0 Å². The lowest BCUT2D eigenvalue weighted by molar-refractivity contribution is 0.143. The number of ether oxygens (including phenoxy) is 1. The van der Waals surface area contributed by atoms with E-state index in [4.69, 9.17) is 51.1 Å². The molecule has 54 valence electrons. The molecule has 9 heavy (non-hydrogen) atoms. The minimum absolute atomic E-state index is 0.393. The van der Waals surface area contributed by atoms with Crippen molar-refractivity contribution in [1.29, 1.82) is 0 Å². The number of alkyl halides is 4. The van der Waals surface area contributed by atoms with Gasteiger partial charge in [0.25, 0.3) is 0 Å². The van der Waals surface area contributed by atoms with Crippen LogP contribution in [-0.4, -0.2) is 21.9 Å². The van der Waals surface area contributed by atoms with Gasteiger partial charge in [-0.05, 0) is 0 Å². The van der Waals surface area contributed by atoms with Gasteiger partial charge in [0.15, 0.2) is 11.1 Å². The third kappa shape index (κ3) is 1.58. The lowest BCUT2D eigenvalue weighted by Crippen LogP contribution is -2.17. The normalized spacial score (nSPS) is 52.0. The molecule has 0 aromatic carbocycles. The van der Waals surface area contributed by atoms with Gasteiger partial charge in [-0.3, -0.25) is 0 Å². The summed E-state index contributed by atoms with van der Waals surface area (Å²) in [6.45, 7) is 0. The summed E-state index contributed by atoms with van der Waals surface area (Å²) in [6.07, 6.45) is 0. The number of hydrogen-bond acceptors (Lipinski definition) is 1. The average molecular weight is 210 g/mol. The van der Waals surface area contributed by atoms with E-state index in [1.165, 1.54) is 0 Å². The van der Waals surface area contributed by atoms with E-state index < -0.39 is 21.9 Å². The lowest BCUT2D eigenvalue weighted by atomic mass is 10.4. The first-order valence-corrected chi connectivity index (χ1v) is 4.09. The van der Waals surface area contributed by atoms with Crippen molar-refractivity contribution in [2.45, 2.75) is 21.9 Å². The summed E-state index contributed by atoms with van der Waals surface area (Å²) >= 11 is 22.3. The molecule has 1 rings (SSSR count). The highest BCUT2D eigenvalue weighted by Gasteiger charge is 2.40. The van der Waals surface area contributed by atoms with E-state index in [2.05, 4.69) is 0 Å². The standard InChI is InChI=1S/C4H4Cl4O/c5-1-2(6)4(8)9-3(1)7/h1-4H/t1-,2+,3-,4+. The van der Waals surface area contributed by atoms with Crippen LogP contribution in [0.25, 0.3) is 0 Å². The Balaban J connectivity index is 2.54. The van der Waals surface area contributed by atoms with E-state index in [1.54, 1.807) is 0 Å². The predicted octanol–water partition coefficient (Wildman–Crippen LogP) is 2.36. The fraction of sp³-hybridized carbons (Fsp3) is 1.00. The van der Waals surface area contributed by atoms with E-state index in [1.807, 2.05) is 0 Å². The first-order chi connectivity index (χ1) is 4.13. The highest BCUT2D eigenvalue weighted by molar-refractivity contribution is 6.38. The van der Waals surface area contributed by atoms with Gasteiger partial charge in [-0.2, -0.15) is 0 Å². The van der Waals surface area contributed by atoms with Gasteiger partial charge in [-0.15, -0.1) is 23.2 Å². The molecule has 0 aliphatic carbocycles. The highest BCUT2D eigenvalue weighted by Crippen LogP contribution is 2.33. The van der Waals surface area contributed by atoms with Gasteiger partial charge in [-0.1, -0.05) is 23.2 Å². The largest absolute Gasteiger partial charge is 0.340 e. The molecule has 0 aromatic heterocycles. The quantitative estimate of drug-likeness (QED) is 0.557. The average Bonchev–Trinajstić information content (AvgIpc) is 1.98. The Morgan fingerprint density at radius 3 is 1.22 bits per heavy atom. The van der Waals surface area contributed by atoms with Gasteiger partial charge in [0, 0.05) is 0 Å². The molecule has 0 spiro atoms. The smallest absolute Gasteiger partial charge is 0.151 e. The minimum atomic E-state index is -0.559. The maximum Gasteiger partial charge on any atom is 0.151 e. The zero-order chi connectivity index (χ0) is 7.02. The first-order valence-electron chi connectivity index (χ1n) is 2.34. The summed E-state index contributed by atoms with van der Waals surface area (Å²) < 4.78 is 4.85. The van der Waals surface area contributed by atoms with E-state index in [0.717, 1.165) is 0 Å². The van der Waals surface area contributed by atoms with Crippen LogP contribution in [0.15, 0.2) is 0 Å². The third-order valence-electron chi connectivity index (χ3n) is 1.06. The molecule has 1 aliphatic rings. The second kappa shape index (κ2) is 3.02. The Labute approximate surface area is 73.2 Å². The Morgan fingerprint density at radius 2 is 1.11 bits per heavy atom. The zero-order valence-corrected chi connectivity index (χ0v) is 7.25. The molecule has 0 radical (unpaired) electrons. The van der Waals surface area contributed by atoms with E-state index in [-0.39, 0.29) is 0 Å². The number of halogens is 4. The Bertz CT molecular complexity index is 96.7. The van der Waals surface area contributed by atoms with Crippen LogP contribution < -0.4 is 0 Å². The van der Waals surface area contributed by atoms with Crippen LogP contribution in [0.3, 0.4) is 0 Å². The highest BCUT2D eigenvalue weighted by atomic mass is 35.5. The Morgan fingerprint density at radius 1 is 0.778 bits per heavy atom. The summed E-state index contributed by atoms with van der Waals surface area (Å²) in [7, 11) is 0. The summed E-state index contributed by atoms with van der Waals surface area (Å²) in [5.41, 5.74) is -1.12. The summed E-state index contributed by atoms with van der Waals surface area (Å²) in [4.78, 5) is 0. The molecule has 1 heterocycles. The van der Waals surface area contributed by atoms with Crippen LogP contribution in [0.2, 0.25) is 0 Å². The van der Waals surface area contributed by atoms with E-state index >= 15 is 0 Å². The molecule has 4 atom stereocenters. The van der Waals surface area contributed by atoms with Gasteiger partial charge in [0.2, 0.25) is 0 Å². The topological polar surface area (TPSA) is 9.23 Å². The molecule has 0 N–H and O–H groups in total. The molecule has 0 bridgehead atoms. The van der Waals surface area contributed by atoms with Crippen molar-refractivity contribution in [1.82, 2.24) is 0 Å². The molecule has 1 nitrogen and oxygen atoms in total. The molecule has 1 fully saturated rings. The summed E-state index contributed by atoms with van der Waals surface area (Å²) in [5.74, 6) is 0. The number of hydrogen-bond donors (Lipinski definition) is 0. The Hall–Kier alpha value is 1.12. The SMILES string of the molecule is Cl[C@@H]1[C@H](Cl)[C@@H](Cl)O[C@H]1Cl. The predicted molar refractivity (Wildman–Crippen MR) is 39.6 cm³/mol. The molecular weight excluding hydrogens is 206 g/mol. The van der Waals surface area contributed by atoms with Crippen molar-refractivity contribution >= 4 is 46.4 Å². The second-order valence-corrected chi connectivity index (χ2v) is 3.60. The summed E-state index contributed by atoms with van der Waals surface area (Å²) in [6, 6.07) is 0. The van der Waals surface area contributed by atoms with E-state index in [0.29, 0.717) is 0 Å². The van der Waals surface area contributed by atoms with E-state index in [9.17, 15) is 0 Å². The molecule has 0 unspecified atom stereocenters. The summed E-state index contributed by atoms with van der Waals surface area (Å²) in [5, 5.41) is -0.785. The van der Waals surface area contributed by atoms with Crippen molar-refractivity contribution in [3.8, 4) is 0 Å². The lowest BCUT2D eigenvalue weighted by Gasteiger charge is -2.03. The molecule has 0 aromatic rings.